The number of amides is 2. The van der Waals surface area contributed by atoms with E-state index in [1.165, 1.54) is 21.0 Å². The van der Waals surface area contributed by atoms with Gasteiger partial charge in [-0.05, 0) is 60.7 Å². The lowest BCUT2D eigenvalue weighted by Crippen LogP contribution is -2.45. The number of fused-ring (bicyclic) bond motifs is 1. The number of rotatable bonds is 8. The van der Waals surface area contributed by atoms with Crippen molar-refractivity contribution >= 4 is 39.7 Å². The quantitative estimate of drug-likeness (QED) is 0.334. The van der Waals surface area contributed by atoms with E-state index in [0.717, 1.165) is 28.6 Å². The van der Waals surface area contributed by atoms with Crippen molar-refractivity contribution in [3.63, 3.8) is 0 Å². The predicted molar refractivity (Wildman–Crippen MR) is 138 cm³/mol. The van der Waals surface area contributed by atoms with Crippen LogP contribution in [0.15, 0.2) is 70.6 Å². The minimum Gasteiger partial charge on any atom is -0.464 e. The monoisotopic (exact) mass is 513 g/mol. The summed E-state index contributed by atoms with van der Waals surface area (Å²) in [6.45, 7) is 1.58. The molecule has 11 heteroatoms. The van der Waals surface area contributed by atoms with Crippen LogP contribution in [-0.4, -0.2) is 43.0 Å². The van der Waals surface area contributed by atoms with Gasteiger partial charge in [0.25, 0.3) is 11.8 Å². The van der Waals surface area contributed by atoms with E-state index < -0.39 is 11.9 Å². The lowest BCUT2D eigenvalue weighted by Gasteiger charge is -2.29. The molecule has 0 unspecified atom stereocenters. The average molecular weight is 514 g/mol. The van der Waals surface area contributed by atoms with E-state index in [2.05, 4.69) is 25.7 Å². The fraction of sp³-hybridized carbons (Fsp3) is 0.231. The second-order valence-corrected chi connectivity index (χ2v) is 9.85. The number of tetrazole rings is 1. The zero-order valence-corrected chi connectivity index (χ0v) is 20.8. The van der Waals surface area contributed by atoms with Crippen LogP contribution in [0.5, 0.6) is 0 Å². The molecule has 37 heavy (non-hydrogen) atoms. The van der Waals surface area contributed by atoms with Crippen LogP contribution in [0.3, 0.4) is 0 Å². The number of nitrogens with zero attached hydrogens (tertiary/aromatic N) is 6. The van der Waals surface area contributed by atoms with Gasteiger partial charge in [0.05, 0.1) is 22.3 Å². The maximum absolute atomic E-state index is 13.9. The lowest BCUT2D eigenvalue weighted by molar-refractivity contribution is -0.127. The van der Waals surface area contributed by atoms with Crippen molar-refractivity contribution in [3.05, 3.63) is 77.7 Å². The van der Waals surface area contributed by atoms with Crippen molar-refractivity contribution in [2.24, 2.45) is 0 Å². The molecule has 1 atom stereocenters. The van der Waals surface area contributed by atoms with Gasteiger partial charge in [0.1, 0.15) is 18.1 Å². The Morgan fingerprint density at radius 2 is 2.05 bits per heavy atom. The van der Waals surface area contributed by atoms with Gasteiger partial charge in [-0.15, -0.1) is 21.5 Å². The van der Waals surface area contributed by atoms with E-state index in [1.807, 2.05) is 47.8 Å². The molecule has 1 aliphatic carbocycles. The highest BCUT2D eigenvalue weighted by molar-refractivity contribution is 7.13. The van der Waals surface area contributed by atoms with Crippen LogP contribution in [0.25, 0.3) is 21.6 Å². The molecule has 0 bridgehead atoms. The number of nitrogens with one attached hydrogen (secondary N) is 1. The summed E-state index contributed by atoms with van der Waals surface area (Å²) in [6.07, 6.45) is 3.42. The molecule has 0 saturated heterocycles. The Kier molecular flexibility index (Phi) is 5.97. The number of para-hydroxylation sites is 1. The van der Waals surface area contributed by atoms with Crippen LogP contribution in [-0.2, 0) is 16.1 Å². The number of hydrogen-bond acceptors (Lipinski definition) is 8. The molecule has 1 aromatic carbocycles. The van der Waals surface area contributed by atoms with Crippen LogP contribution >= 0.6 is 11.3 Å². The number of aromatic nitrogens is 5. The molecule has 1 fully saturated rings. The summed E-state index contributed by atoms with van der Waals surface area (Å²) in [5.74, 6) is 0.720. The highest BCUT2D eigenvalue weighted by Crippen LogP contribution is 2.32. The van der Waals surface area contributed by atoms with Crippen molar-refractivity contribution in [3.8, 4) is 10.7 Å². The number of benzene rings is 1. The van der Waals surface area contributed by atoms with Gasteiger partial charge in [-0.3, -0.25) is 19.5 Å². The minimum absolute atomic E-state index is 0.100. The molecule has 0 aliphatic heterocycles. The number of hydrogen-bond donors (Lipinski definition) is 1. The molecule has 186 valence electrons. The number of thiophene rings is 1. The van der Waals surface area contributed by atoms with Crippen molar-refractivity contribution in [1.29, 1.82) is 0 Å². The minimum atomic E-state index is -1.04. The Balaban J connectivity index is 1.40. The van der Waals surface area contributed by atoms with Gasteiger partial charge in [-0.1, -0.05) is 24.3 Å². The number of carbonyl (C=O) groups is 2. The normalized spacial score (nSPS) is 14.0. The topological polar surface area (TPSA) is 119 Å². The number of furan rings is 1. The number of pyridine rings is 1. The zero-order valence-electron chi connectivity index (χ0n) is 19.9. The van der Waals surface area contributed by atoms with Crippen molar-refractivity contribution in [2.45, 2.75) is 38.4 Å². The van der Waals surface area contributed by atoms with E-state index in [4.69, 9.17) is 4.42 Å². The number of anilines is 1. The van der Waals surface area contributed by atoms with Crippen molar-refractivity contribution in [1.82, 2.24) is 30.5 Å². The lowest BCUT2D eigenvalue weighted by atomic mass is 10.1. The summed E-state index contributed by atoms with van der Waals surface area (Å²) < 4.78 is 5.89. The SMILES string of the molecule is Cc1ccc([C@H](C(=O)NC2CC2)N(C(=O)Cn2nnc(-c3cccs3)n2)c2cnc3ccccc3c2)o1. The predicted octanol–water partition coefficient (Wildman–Crippen LogP) is 3.90. The van der Waals surface area contributed by atoms with Gasteiger partial charge in [0.15, 0.2) is 6.04 Å². The first-order chi connectivity index (χ1) is 18.0. The van der Waals surface area contributed by atoms with Crippen LogP contribution in [0, 0.1) is 6.92 Å². The van der Waals surface area contributed by atoms with Gasteiger partial charge in [-0.2, -0.15) is 4.80 Å². The van der Waals surface area contributed by atoms with E-state index in [0.29, 0.717) is 23.0 Å². The smallest absolute Gasteiger partial charge is 0.251 e. The van der Waals surface area contributed by atoms with Gasteiger partial charge in [0, 0.05) is 11.4 Å². The fourth-order valence-electron chi connectivity index (χ4n) is 4.12. The van der Waals surface area contributed by atoms with Crippen LogP contribution < -0.4 is 10.2 Å². The Morgan fingerprint density at radius 3 is 2.81 bits per heavy atom. The number of carbonyl (C=O) groups excluding carboxylic acids is 2. The maximum atomic E-state index is 13.9. The highest BCUT2D eigenvalue weighted by Gasteiger charge is 2.38. The molecule has 6 rings (SSSR count). The molecule has 4 aromatic heterocycles. The molecule has 4 heterocycles. The summed E-state index contributed by atoms with van der Waals surface area (Å²) >= 11 is 1.49. The third-order valence-corrected chi connectivity index (χ3v) is 6.92. The first kappa shape index (κ1) is 23.0. The Morgan fingerprint density at radius 1 is 1.19 bits per heavy atom. The second-order valence-electron chi connectivity index (χ2n) is 8.90. The van der Waals surface area contributed by atoms with Gasteiger partial charge >= 0.3 is 0 Å². The standard InChI is InChI=1S/C26H23N7O3S/c1-16-8-11-21(36-16)24(26(35)28-18-9-10-18)33(19-13-17-5-2-3-6-20(17)27-14-19)23(34)15-32-30-25(29-31-32)22-7-4-12-37-22/h2-8,11-14,18,24H,9-10,15H2,1H3,(H,28,35)/t24-/m1/s1. The molecular weight excluding hydrogens is 490 g/mol. The van der Waals surface area contributed by atoms with Crippen molar-refractivity contribution in [2.75, 3.05) is 4.90 Å². The van der Waals surface area contributed by atoms with E-state index in [-0.39, 0.29) is 18.5 Å². The molecule has 0 spiro atoms. The average Bonchev–Trinajstić information content (AvgIpc) is 3.28. The summed E-state index contributed by atoms with van der Waals surface area (Å²) in [5, 5.41) is 18.3. The summed E-state index contributed by atoms with van der Waals surface area (Å²) in [5.41, 5.74) is 1.25. The summed E-state index contributed by atoms with van der Waals surface area (Å²) in [4.78, 5) is 35.5. The molecule has 10 nitrogen and oxygen atoms in total. The van der Waals surface area contributed by atoms with Gasteiger partial charge < -0.3 is 9.73 Å². The van der Waals surface area contributed by atoms with Crippen LogP contribution in [0.4, 0.5) is 5.69 Å². The second kappa shape index (κ2) is 9.58. The van der Waals surface area contributed by atoms with Crippen molar-refractivity contribution < 1.29 is 14.0 Å². The Bertz CT molecular complexity index is 1570. The zero-order chi connectivity index (χ0) is 25.4. The summed E-state index contributed by atoms with van der Waals surface area (Å²) in [6, 6.07) is 15.8. The Hall–Kier alpha value is -4.38. The molecule has 2 amide bonds. The van der Waals surface area contributed by atoms with Gasteiger partial charge in [0.2, 0.25) is 5.82 Å². The molecule has 5 aromatic rings. The first-order valence-corrected chi connectivity index (χ1v) is 12.8. The van der Waals surface area contributed by atoms with E-state index in [1.54, 1.807) is 25.3 Å². The van der Waals surface area contributed by atoms with Crippen LogP contribution in [0.1, 0.15) is 30.4 Å². The largest absolute Gasteiger partial charge is 0.464 e. The first-order valence-electron chi connectivity index (χ1n) is 11.9. The Labute approximate surface area is 215 Å². The fourth-order valence-corrected chi connectivity index (χ4v) is 4.77. The number of aryl methyl sites for hydroxylation is 1. The summed E-state index contributed by atoms with van der Waals surface area (Å²) in [7, 11) is 0. The van der Waals surface area contributed by atoms with E-state index in [9.17, 15) is 9.59 Å². The molecular formula is C26H23N7O3S. The van der Waals surface area contributed by atoms with E-state index >= 15 is 0 Å². The van der Waals surface area contributed by atoms with Crippen LogP contribution in [0.2, 0.25) is 0 Å². The molecule has 1 saturated carbocycles. The third-order valence-electron chi connectivity index (χ3n) is 6.05. The molecule has 1 N–H and O–H groups in total. The highest BCUT2D eigenvalue weighted by atomic mass is 32.1. The third kappa shape index (κ3) is 4.85. The maximum Gasteiger partial charge on any atom is 0.251 e. The molecule has 0 radical (unpaired) electrons. The molecule has 1 aliphatic rings. The van der Waals surface area contributed by atoms with Gasteiger partial charge in [-0.25, -0.2) is 0 Å².